The molecule has 1 saturated carbocycles. The first-order valence-electron chi connectivity index (χ1n) is 10.7. The van der Waals surface area contributed by atoms with E-state index in [1.165, 1.54) is 36.7 Å². The van der Waals surface area contributed by atoms with E-state index in [9.17, 15) is 9.59 Å². The Morgan fingerprint density at radius 1 is 1.19 bits per heavy atom. The maximum absolute atomic E-state index is 12.3. The van der Waals surface area contributed by atoms with Crippen molar-refractivity contribution in [1.29, 1.82) is 0 Å². The number of rotatable bonds is 11. The van der Waals surface area contributed by atoms with E-state index in [-0.39, 0.29) is 23.9 Å². The molecule has 2 aromatic rings. The monoisotopic (exact) mass is 438 g/mol. The molecule has 3 rings (SSSR count). The number of carbonyl (C=O) groups excluding carboxylic acids is 2. The molecular formula is C22H30N8O2. The lowest BCUT2D eigenvalue weighted by Crippen LogP contribution is -2.32. The maximum atomic E-state index is 12.3. The minimum absolute atomic E-state index is 0.0601. The van der Waals surface area contributed by atoms with Gasteiger partial charge < -0.3 is 21.4 Å². The number of nitrogens with one attached hydrogen (secondary N) is 2. The zero-order chi connectivity index (χ0) is 22.9. The molecule has 0 aliphatic heterocycles. The van der Waals surface area contributed by atoms with Gasteiger partial charge >= 0.3 is 0 Å². The molecule has 0 bridgehead atoms. The van der Waals surface area contributed by atoms with Crippen LogP contribution in [0.15, 0.2) is 42.4 Å². The molecule has 10 nitrogen and oxygen atoms in total. The predicted molar refractivity (Wildman–Crippen MR) is 121 cm³/mol. The van der Waals surface area contributed by atoms with E-state index in [1.807, 2.05) is 18.2 Å². The molecule has 10 heteroatoms. The van der Waals surface area contributed by atoms with E-state index in [1.54, 1.807) is 12.3 Å². The highest BCUT2D eigenvalue weighted by atomic mass is 16.2. The van der Waals surface area contributed by atoms with Crippen molar-refractivity contribution in [2.45, 2.75) is 44.4 Å². The van der Waals surface area contributed by atoms with Crippen LogP contribution in [0.2, 0.25) is 0 Å². The number of nitrogens with zero attached hydrogens (tertiary/aromatic N) is 4. The van der Waals surface area contributed by atoms with Gasteiger partial charge in [-0.05, 0) is 67.9 Å². The van der Waals surface area contributed by atoms with E-state index in [4.69, 9.17) is 11.6 Å². The van der Waals surface area contributed by atoms with E-state index in [0.29, 0.717) is 18.3 Å². The number of carbonyl (C=O) groups is 2. The van der Waals surface area contributed by atoms with Crippen molar-refractivity contribution in [1.82, 2.24) is 25.5 Å². The Hall–Kier alpha value is -3.53. The summed E-state index contributed by atoms with van der Waals surface area (Å²) in [7, 11) is 1.51. The van der Waals surface area contributed by atoms with Gasteiger partial charge in [-0.3, -0.25) is 14.6 Å². The van der Waals surface area contributed by atoms with Crippen molar-refractivity contribution in [3.8, 4) is 0 Å². The molecule has 0 spiro atoms. The number of hydrogen-bond acceptors (Lipinski definition) is 8. The lowest BCUT2D eigenvalue weighted by atomic mass is 10.1. The van der Waals surface area contributed by atoms with Gasteiger partial charge in [-0.25, -0.2) is 5.84 Å². The van der Waals surface area contributed by atoms with Gasteiger partial charge in [0.05, 0.1) is 12.1 Å². The van der Waals surface area contributed by atoms with E-state index < -0.39 is 0 Å². The Balaban J connectivity index is 1.38. The Labute approximate surface area is 187 Å². The fourth-order valence-electron chi connectivity index (χ4n) is 3.22. The molecule has 2 heterocycles. The standard InChI is InChI=1S/C22H30N8O2/c1-25-22(32)19(23)14-30(24)11-3-2-4-17-7-8-20(29-28-17)27-21(31)13-18-12-16(9-10-26-18)15-5-6-15/h7-10,12,14-15H,2-6,11,13,23-24H2,1H3,(H,25,32)(H,27,29,31)/b19-14-. The Morgan fingerprint density at radius 2 is 2.00 bits per heavy atom. The fraction of sp³-hybridized carbons (Fsp3) is 0.409. The van der Waals surface area contributed by atoms with Crippen LogP contribution in [0, 0.1) is 0 Å². The van der Waals surface area contributed by atoms with Gasteiger partial charge in [-0.1, -0.05) is 0 Å². The first-order valence-corrected chi connectivity index (χ1v) is 10.7. The lowest BCUT2D eigenvalue weighted by Gasteiger charge is -2.14. The molecular weight excluding hydrogens is 408 g/mol. The van der Waals surface area contributed by atoms with Crippen LogP contribution in [0.4, 0.5) is 5.82 Å². The molecule has 1 aliphatic rings. The summed E-state index contributed by atoms with van der Waals surface area (Å²) < 4.78 is 0. The molecule has 0 aromatic carbocycles. The van der Waals surface area contributed by atoms with Gasteiger partial charge in [-0.2, -0.15) is 5.10 Å². The molecule has 1 fully saturated rings. The number of aryl methyl sites for hydroxylation is 1. The second-order valence-electron chi connectivity index (χ2n) is 7.85. The minimum Gasteiger partial charge on any atom is -0.393 e. The second-order valence-corrected chi connectivity index (χ2v) is 7.85. The average molecular weight is 439 g/mol. The third-order valence-electron chi connectivity index (χ3n) is 5.11. The van der Waals surface area contributed by atoms with Crippen molar-refractivity contribution >= 4 is 17.6 Å². The summed E-state index contributed by atoms with van der Waals surface area (Å²) in [6.45, 7) is 0.551. The third-order valence-corrected chi connectivity index (χ3v) is 5.11. The predicted octanol–water partition coefficient (Wildman–Crippen LogP) is 0.975. The van der Waals surface area contributed by atoms with E-state index in [0.717, 1.165) is 30.7 Å². The summed E-state index contributed by atoms with van der Waals surface area (Å²) in [4.78, 5) is 27.9. The van der Waals surface area contributed by atoms with E-state index >= 15 is 0 Å². The molecule has 6 N–H and O–H groups in total. The Morgan fingerprint density at radius 3 is 2.69 bits per heavy atom. The summed E-state index contributed by atoms with van der Waals surface area (Å²) >= 11 is 0. The quantitative estimate of drug-likeness (QED) is 0.175. The van der Waals surface area contributed by atoms with Crippen molar-refractivity contribution in [2.75, 3.05) is 18.9 Å². The minimum atomic E-state index is -0.369. The number of pyridine rings is 1. The zero-order valence-electron chi connectivity index (χ0n) is 18.3. The number of nitrogens with two attached hydrogens (primary N) is 2. The first-order chi connectivity index (χ1) is 15.4. The fourth-order valence-corrected chi connectivity index (χ4v) is 3.22. The third kappa shape index (κ3) is 7.31. The van der Waals surface area contributed by atoms with Crippen LogP contribution in [0.1, 0.15) is 48.6 Å². The lowest BCUT2D eigenvalue weighted by molar-refractivity contribution is -0.117. The summed E-state index contributed by atoms with van der Waals surface area (Å²) in [6.07, 6.45) is 8.17. The van der Waals surface area contributed by atoms with Crippen molar-refractivity contribution < 1.29 is 9.59 Å². The van der Waals surface area contributed by atoms with Gasteiger partial charge in [0.25, 0.3) is 5.91 Å². The molecule has 0 unspecified atom stereocenters. The van der Waals surface area contributed by atoms with Crippen molar-refractivity contribution in [3.63, 3.8) is 0 Å². The van der Waals surface area contributed by atoms with Crippen molar-refractivity contribution in [2.24, 2.45) is 11.6 Å². The summed E-state index contributed by atoms with van der Waals surface area (Å²) in [5.41, 5.74) is 8.52. The summed E-state index contributed by atoms with van der Waals surface area (Å²) in [5.74, 6) is 6.33. The highest BCUT2D eigenvalue weighted by Gasteiger charge is 2.23. The Bertz CT molecular complexity index is 957. The van der Waals surface area contributed by atoms with Crippen LogP contribution in [-0.2, 0) is 22.4 Å². The van der Waals surface area contributed by atoms with Crippen LogP contribution in [0.3, 0.4) is 0 Å². The van der Waals surface area contributed by atoms with Crippen LogP contribution in [-0.4, -0.2) is 45.6 Å². The topological polar surface area (TPSA) is 152 Å². The molecule has 1 aliphatic carbocycles. The molecule has 32 heavy (non-hydrogen) atoms. The van der Waals surface area contributed by atoms with E-state index in [2.05, 4.69) is 25.8 Å². The van der Waals surface area contributed by atoms with Gasteiger partial charge in [0.2, 0.25) is 5.91 Å². The number of hydrazine groups is 1. The van der Waals surface area contributed by atoms with Crippen LogP contribution in [0.25, 0.3) is 0 Å². The van der Waals surface area contributed by atoms with Gasteiger partial charge in [-0.15, -0.1) is 5.10 Å². The second kappa shape index (κ2) is 11.2. The molecule has 2 amide bonds. The highest BCUT2D eigenvalue weighted by Crippen LogP contribution is 2.39. The van der Waals surface area contributed by atoms with Crippen LogP contribution < -0.4 is 22.2 Å². The maximum Gasteiger partial charge on any atom is 0.268 e. The number of aromatic nitrogens is 3. The number of anilines is 1. The van der Waals surface area contributed by atoms with Gasteiger partial charge in [0.15, 0.2) is 5.82 Å². The first kappa shape index (κ1) is 23.1. The molecule has 2 aromatic heterocycles. The normalized spacial score (nSPS) is 13.5. The Kier molecular flexibility index (Phi) is 8.09. The van der Waals surface area contributed by atoms with Crippen molar-refractivity contribution in [3.05, 3.63) is 59.3 Å². The summed E-state index contributed by atoms with van der Waals surface area (Å²) in [6, 6.07) is 7.62. The smallest absolute Gasteiger partial charge is 0.268 e. The SMILES string of the molecule is CNC(=O)/C(N)=C/N(N)CCCCc1ccc(NC(=O)Cc2cc(C3CC3)ccn2)nn1. The largest absolute Gasteiger partial charge is 0.393 e. The highest BCUT2D eigenvalue weighted by molar-refractivity contribution is 5.92. The number of unbranched alkanes of at least 4 members (excludes halogenated alkanes) is 1. The summed E-state index contributed by atoms with van der Waals surface area (Å²) in [5, 5.41) is 14.9. The average Bonchev–Trinajstić information content (AvgIpc) is 3.63. The molecule has 170 valence electrons. The van der Waals surface area contributed by atoms with Gasteiger partial charge in [0.1, 0.15) is 5.70 Å². The van der Waals surface area contributed by atoms with Gasteiger partial charge in [0, 0.05) is 31.7 Å². The zero-order valence-corrected chi connectivity index (χ0v) is 18.3. The van der Waals surface area contributed by atoms with Crippen LogP contribution in [0.5, 0.6) is 0 Å². The number of hydrogen-bond donors (Lipinski definition) is 4. The van der Waals surface area contributed by atoms with Crippen LogP contribution >= 0.6 is 0 Å². The molecule has 0 saturated heterocycles. The molecule has 0 radical (unpaired) electrons. The molecule has 0 atom stereocenters. The number of amides is 2. The number of likely N-dealkylation sites (N-methyl/N-ethyl adjacent to an activating group) is 1.